The molecule has 0 unspecified atom stereocenters. The van der Waals surface area contributed by atoms with E-state index in [1.807, 2.05) is 24.3 Å². The zero-order valence-corrected chi connectivity index (χ0v) is 22.9. The van der Waals surface area contributed by atoms with Gasteiger partial charge in [0.1, 0.15) is 17.7 Å². The quantitative estimate of drug-likeness (QED) is 0.195. The molecule has 0 radical (unpaired) electrons. The molecule has 0 saturated carbocycles. The molecular weight excluding hydrogens is 472 g/mol. The molecular formula is C32H34N4S. The number of rotatable bonds is 11. The van der Waals surface area contributed by atoms with Crippen LogP contribution in [0.5, 0.6) is 0 Å². The maximum Gasteiger partial charge on any atom is 0.131 e. The second-order valence-corrected chi connectivity index (χ2v) is 9.55. The van der Waals surface area contributed by atoms with Gasteiger partial charge in [0, 0.05) is 47.3 Å². The summed E-state index contributed by atoms with van der Waals surface area (Å²) in [5, 5.41) is 18.0. The summed E-state index contributed by atoms with van der Waals surface area (Å²) in [6.45, 7) is 12.6. The van der Waals surface area contributed by atoms with Crippen LogP contribution >= 0.6 is 11.3 Å². The smallest absolute Gasteiger partial charge is 0.131 e. The zero-order valence-electron chi connectivity index (χ0n) is 22.1. The molecule has 4 nitrogen and oxygen atoms in total. The molecule has 0 amide bonds. The highest BCUT2D eigenvalue weighted by Crippen LogP contribution is 2.28. The highest BCUT2D eigenvalue weighted by molar-refractivity contribution is 7.13. The summed E-state index contributed by atoms with van der Waals surface area (Å²) < 4.78 is 0. The molecule has 3 aromatic rings. The Balaban J connectivity index is 1.95. The van der Waals surface area contributed by atoms with Crippen LogP contribution in [-0.4, -0.2) is 26.2 Å². The minimum Gasteiger partial charge on any atom is -0.372 e. The van der Waals surface area contributed by atoms with E-state index in [9.17, 15) is 0 Å². The summed E-state index contributed by atoms with van der Waals surface area (Å²) in [5.41, 5.74) is 6.06. The van der Waals surface area contributed by atoms with Gasteiger partial charge in [0.15, 0.2) is 0 Å². The molecule has 0 bridgehead atoms. The van der Waals surface area contributed by atoms with E-state index >= 15 is 0 Å². The summed E-state index contributed by atoms with van der Waals surface area (Å²) in [6, 6.07) is 25.4. The lowest BCUT2D eigenvalue weighted by Crippen LogP contribution is -2.21. The van der Waals surface area contributed by atoms with Crippen molar-refractivity contribution in [2.45, 2.75) is 27.7 Å². The molecule has 0 spiro atoms. The van der Waals surface area contributed by atoms with Crippen LogP contribution in [0.1, 0.15) is 48.6 Å². The molecule has 3 rings (SSSR count). The van der Waals surface area contributed by atoms with E-state index < -0.39 is 0 Å². The number of benzene rings is 2. The molecule has 0 aliphatic rings. The molecule has 0 aliphatic carbocycles. The van der Waals surface area contributed by atoms with Crippen LogP contribution in [0.3, 0.4) is 0 Å². The molecule has 0 aliphatic heterocycles. The van der Waals surface area contributed by atoms with Gasteiger partial charge in [-0.15, -0.1) is 11.3 Å². The van der Waals surface area contributed by atoms with Crippen LogP contribution < -0.4 is 9.80 Å². The second kappa shape index (κ2) is 13.9. The van der Waals surface area contributed by atoms with Gasteiger partial charge >= 0.3 is 0 Å². The first-order chi connectivity index (χ1) is 18.1. The number of anilines is 2. The molecule has 5 heteroatoms. The van der Waals surface area contributed by atoms with Crippen molar-refractivity contribution in [2.24, 2.45) is 0 Å². The monoisotopic (exact) mass is 506 g/mol. The van der Waals surface area contributed by atoms with E-state index in [-0.39, 0.29) is 5.57 Å². The van der Waals surface area contributed by atoms with Gasteiger partial charge in [-0.05, 0) is 92.9 Å². The lowest BCUT2D eigenvalue weighted by Gasteiger charge is -2.22. The van der Waals surface area contributed by atoms with E-state index in [4.69, 9.17) is 10.5 Å². The van der Waals surface area contributed by atoms with Crippen molar-refractivity contribution in [1.29, 1.82) is 10.5 Å². The first-order valence-corrected chi connectivity index (χ1v) is 13.6. The van der Waals surface area contributed by atoms with E-state index in [1.165, 1.54) is 22.5 Å². The van der Waals surface area contributed by atoms with Crippen LogP contribution in [0.2, 0.25) is 0 Å². The maximum atomic E-state index is 9.00. The third-order valence-corrected chi connectivity index (χ3v) is 7.31. The van der Waals surface area contributed by atoms with Crippen LogP contribution in [0.15, 0.2) is 78.4 Å². The fourth-order valence-corrected chi connectivity index (χ4v) is 5.11. The molecule has 1 heterocycles. The van der Waals surface area contributed by atoms with Crippen molar-refractivity contribution < 1.29 is 0 Å². The Morgan fingerprint density at radius 3 is 1.59 bits per heavy atom. The predicted octanol–water partition coefficient (Wildman–Crippen LogP) is 8.02. The van der Waals surface area contributed by atoms with E-state index in [1.54, 1.807) is 17.4 Å². The van der Waals surface area contributed by atoms with Gasteiger partial charge in [0.2, 0.25) is 0 Å². The lowest BCUT2D eigenvalue weighted by molar-refractivity contribution is 0.866. The van der Waals surface area contributed by atoms with E-state index in [2.05, 4.69) is 104 Å². The lowest BCUT2D eigenvalue weighted by atomic mass is 9.96. The van der Waals surface area contributed by atoms with Gasteiger partial charge in [0.25, 0.3) is 0 Å². The number of hydrogen-bond donors (Lipinski definition) is 0. The topological polar surface area (TPSA) is 54.1 Å². The molecule has 0 fully saturated rings. The van der Waals surface area contributed by atoms with E-state index in [0.29, 0.717) is 0 Å². The predicted molar refractivity (Wildman–Crippen MR) is 160 cm³/mol. The number of nitrogens with zero attached hydrogens (tertiary/aromatic N) is 4. The molecule has 37 heavy (non-hydrogen) atoms. The molecule has 0 atom stereocenters. The minimum atomic E-state index is 0.112. The van der Waals surface area contributed by atoms with Crippen LogP contribution in [0.25, 0.3) is 17.7 Å². The Morgan fingerprint density at radius 2 is 1.16 bits per heavy atom. The maximum absolute atomic E-state index is 9.00. The van der Waals surface area contributed by atoms with Gasteiger partial charge < -0.3 is 9.80 Å². The molecule has 2 aromatic carbocycles. The summed E-state index contributed by atoms with van der Waals surface area (Å²) in [6.07, 6.45) is 7.91. The van der Waals surface area contributed by atoms with Crippen molar-refractivity contribution in [3.05, 3.63) is 99.3 Å². The van der Waals surface area contributed by atoms with Gasteiger partial charge in [-0.25, -0.2) is 0 Å². The first kappa shape index (κ1) is 27.5. The summed E-state index contributed by atoms with van der Waals surface area (Å²) in [5.74, 6) is 0. The second-order valence-electron chi connectivity index (χ2n) is 8.40. The molecule has 0 N–H and O–H groups in total. The Kier molecular flexibility index (Phi) is 10.3. The zero-order chi connectivity index (χ0) is 26.6. The highest BCUT2D eigenvalue weighted by Gasteiger charge is 2.09. The Labute approximate surface area is 225 Å². The Morgan fingerprint density at radius 1 is 0.703 bits per heavy atom. The van der Waals surface area contributed by atoms with Gasteiger partial charge in [0.05, 0.1) is 0 Å². The third-order valence-electron chi connectivity index (χ3n) is 6.31. The van der Waals surface area contributed by atoms with Gasteiger partial charge in [-0.2, -0.15) is 10.5 Å². The fraction of sp³-hybridized carbons (Fsp3) is 0.250. The van der Waals surface area contributed by atoms with Crippen molar-refractivity contribution in [2.75, 3.05) is 36.0 Å². The Hall–Kier alpha value is -4.06. The van der Waals surface area contributed by atoms with Crippen molar-refractivity contribution in [3.8, 4) is 12.1 Å². The first-order valence-electron chi connectivity index (χ1n) is 12.8. The average molecular weight is 507 g/mol. The average Bonchev–Trinajstić information content (AvgIpc) is 3.39. The molecule has 1 aromatic heterocycles. The number of hydrogen-bond acceptors (Lipinski definition) is 5. The Bertz CT molecular complexity index is 1250. The fourth-order valence-electron chi connectivity index (χ4n) is 4.25. The number of allylic oxidation sites excluding steroid dienone is 3. The summed E-state index contributed by atoms with van der Waals surface area (Å²) in [4.78, 5) is 6.64. The van der Waals surface area contributed by atoms with Crippen molar-refractivity contribution >= 4 is 40.4 Å². The third kappa shape index (κ3) is 7.23. The van der Waals surface area contributed by atoms with Crippen LogP contribution in [-0.2, 0) is 0 Å². The summed E-state index contributed by atoms with van der Waals surface area (Å²) in [7, 11) is 0. The number of thiophene rings is 1. The van der Waals surface area contributed by atoms with Crippen molar-refractivity contribution in [3.63, 3.8) is 0 Å². The summed E-state index contributed by atoms with van der Waals surface area (Å²) >= 11 is 1.55. The highest BCUT2D eigenvalue weighted by atomic mass is 32.1. The van der Waals surface area contributed by atoms with Gasteiger partial charge in [-0.1, -0.05) is 36.4 Å². The van der Waals surface area contributed by atoms with Crippen molar-refractivity contribution in [1.82, 2.24) is 0 Å². The van der Waals surface area contributed by atoms with Crippen LogP contribution in [0, 0.1) is 22.7 Å². The minimum absolute atomic E-state index is 0.112. The number of nitriles is 2. The molecule has 0 saturated heterocycles. The van der Waals surface area contributed by atoms with E-state index in [0.717, 1.165) is 41.5 Å². The van der Waals surface area contributed by atoms with Gasteiger partial charge in [-0.3, -0.25) is 0 Å². The molecule has 188 valence electrons. The largest absolute Gasteiger partial charge is 0.372 e. The van der Waals surface area contributed by atoms with Crippen LogP contribution in [0.4, 0.5) is 11.4 Å². The standard InChI is InChI=1S/C32H34N4S/c1-5-35(6-2)28-16-12-26(13-17-28)32(27-14-18-29(19-15-27)36(7-3)8-4)11-9-10-30-20-21-31(37-30)22-25(23-33)24-34/h9-22H,5-8H2,1-4H3/b10-9+. The SMILES string of the molecule is CCN(CC)c1ccc(C(=C/C=C/c2ccc(C=C(C#N)C#N)s2)c2ccc(N(CC)CC)cc2)cc1. The normalized spacial score (nSPS) is 10.4.